The molecule has 6 heteroatoms. The lowest BCUT2D eigenvalue weighted by molar-refractivity contribution is 0.373. The molecular weight excluding hydrogens is 322 g/mol. The standard InChI is InChI=1S/C18H23N3O2S/c1-21-18(19-14-6-4-3-5-7-14)24-17(20-21)11-9-13-8-10-16(23-2)15(22)12-13/h8-12,14,22H,3-7H2,1-2H3. The van der Waals surface area contributed by atoms with E-state index in [9.17, 15) is 5.11 Å². The van der Waals surface area contributed by atoms with Crippen molar-refractivity contribution in [2.24, 2.45) is 12.0 Å². The fourth-order valence-electron chi connectivity index (χ4n) is 2.89. The Hall–Kier alpha value is -2.08. The minimum Gasteiger partial charge on any atom is -0.504 e. The fraction of sp³-hybridized carbons (Fsp3) is 0.444. The van der Waals surface area contributed by atoms with Gasteiger partial charge in [-0.25, -0.2) is 4.68 Å². The lowest BCUT2D eigenvalue weighted by atomic mass is 9.96. The number of methoxy groups -OCH3 is 1. The Balaban J connectivity index is 1.77. The van der Waals surface area contributed by atoms with E-state index in [1.54, 1.807) is 23.5 Å². The average Bonchev–Trinajstić information content (AvgIpc) is 2.94. The molecule has 0 unspecified atom stereocenters. The summed E-state index contributed by atoms with van der Waals surface area (Å²) in [5.41, 5.74) is 0.900. The summed E-state index contributed by atoms with van der Waals surface area (Å²) in [7, 11) is 3.48. The molecule has 0 spiro atoms. The normalized spacial score (nSPS) is 16.8. The second-order valence-corrected chi connectivity index (χ2v) is 7.02. The van der Waals surface area contributed by atoms with Crippen LogP contribution in [0.5, 0.6) is 11.5 Å². The van der Waals surface area contributed by atoms with Crippen LogP contribution in [-0.4, -0.2) is 28.0 Å². The van der Waals surface area contributed by atoms with Crippen molar-refractivity contribution in [3.05, 3.63) is 33.6 Å². The molecule has 0 saturated heterocycles. The van der Waals surface area contributed by atoms with Crippen molar-refractivity contribution < 1.29 is 9.84 Å². The number of hydrogen-bond acceptors (Lipinski definition) is 5. The molecule has 0 amide bonds. The zero-order valence-electron chi connectivity index (χ0n) is 14.1. The third kappa shape index (κ3) is 4.06. The van der Waals surface area contributed by atoms with Crippen LogP contribution >= 0.6 is 11.3 Å². The summed E-state index contributed by atoms with van der Waals surface area (Å²) in [4.78, 5) is 5.83. The minimum atomic E-state index is 0.136. The van der Waals surface area contributed by atoms with Gasteiger partial charge >= 0.3 is 0 Å². The lowest BCUT2D eigenvalue weighted by Crippen LogP contribution is -2.18. The Bertz CT molecular complexity index is 786. The van der Waals surface area contributed by atoms with Crippen LogP contribution in [0.25, 0.3) is 12.2 Å². The number of aromatic hydroxyl groups is 1. The van der Waals surface area contributed by atoms with Crippen LogP contribution in [0.3, 0.4) is 0 Å². The number of aryl methyl sites for hydroxylation is 1. The first kappa shape index (κ1) is 16.8. The van der Waals surface area contributed by atoms with Crippen LogP contribution in [0, 0.1) is 0 Å². The zero-order valence-corrected chi connectivity index (χ0v) is 14.9. The molecule has 2 aromatic rings. The maximum atomic E-state index is 9.83. The number of benzene rings is 1. The minimum absolute atomic E-state index is 0.136. The van der Waals surface area contributed by atoms with Gasteiger partial charge in [0.05, 0.1) is 13.2 Å². The number of phenols is 1. The van der Waals surface area contributed by atoms with E-state index < -0.39 is 0 Å². The highest BCUT2D eigenvalue weighted by Gasteiger charge is 2.12. The number of aromatic nitrogens is 2. The van der Waals surface area contributed by atoms with Crippen molar-refractivity contribution in [3.63, 3.8) is 0 Å². The maximum Gasteiger partial charge on any atom is 0.203 e. The summed E-state index contributed by atoms with van der Waals surface area (Å²) in [6.07, 6.45) is 10.2. The highest BCUT2D eigenvalue weighted by Crippen LogP contribution is 2.27. The number of rotatable bonds is 4. The van der Waals surface area contributed by atoms with Crippen molar-refractivity contribution in [3.8, 4) is 11.5 Å². The smallest absolute Gasteiger partial charge is 0.203 e. The van der Waals surface area contributed by atoms with Gasteiger partial charge in [-0.15, -0.1) is 0 Å². The van der Waals surface area contributed by atoms with Gasteiger partial charge in [-0.05, 0) is 36.6 Å². The SMILES string of the molecule is COc1ccc(C=Cc2nn(C)c(=NC3CCCCC3)s2)cc1O. The van der Waals surface area contributed by atoms with E-state index in [4.69, 9.17) is 9.73 Å². The molecule has 1 aliphatic rings. The van der Waals surface area contributed by atoms with E-state index in [0.717, 1.165) is 15.4 Å². The van der Waals surface area contributed by atoms with Gasteiger partial charge in [0.15, 0.2) is 11.5 Å². The second-order valence-electron chi connectivity index (χ2n) is 6.03. The number of nitrogens with zero attached hydrogens (tertiary/aromatic N) is 3. The van der Waals surface area contributed by atoms with Gasteiger partial charge in [0.2, 0.25) is 4.80 Å². The first-order chi connectivity index (χ1) is 11.7. The summed E-state index contributed by atoms with van der Waals surface area (Å²) >= 11 is 1.60. The van der Waals surface area contributed by atoms with Crippen molar-refractivity contribution in [2.75, 3.05) is 7.11 Å². The van der Waals surface area contributed by atoms with Gasteiger partial charge < -0.3 is 9.84 Å². The number of hydrogen-bond donors (Lipinski definition) is 1. The van der Waals surface area contributed by atoms with Gasteiger partial charge in [-0.3, -0.25) is 4.99 Å². The van der Waals surface area contributed by atoms with Gasteiger partial charge in [-0.2, -0.15) is 5.10 Å². The molecule has 3 rings (SSSR count). The van der Waals surface area contributed by atoms with Crippen molar-refractivity contribution >= 4 is 23.5 Å². The molecular formula is C18H23N3O2S. The fourth-order valence-corrected chi connectivity index (χ4v) is 3.75. The molecule has 0 bridgehead atoms. The topological polar surface area (TPSA) is 59.6 Å². The van der Waals surface area contributed by atoms with Crippen LogP contribution in [0.1, 0.15) is 42.7 Å². The highest BCUT2D eigenvalue weighted by atomic mass is 32.1. The molecule has 1 fully saturated rings. The Morgan fingerprint density at radius 2 is 2.08 bits per heavy atom. The molecule has 1 heterocycles. The highest BCUT2D eigenvalue weighted by molar-refractivity contribution is 7.09. The van der Waals surface area contributed by atoms with Crippen LogP contribution in [0.15, 0.2) is 23.2 Å². The summed E-state index contributed by atoms with van der Waals surface area (Å²) in [6.45, 7) is 0. The molecule has 0 radical (unpaired) electrons. The molecule has 0 aliphatic heterocycles. The van der Waals surface area contributed by atoms with Crippen LogP contribution in [0.4, 0.5) is 0 Å². The summed E-state index contributed by atoms with van der Waals surface area (Å²) in [6, 6.07) is 5.77. The van der Waals surface area contributed by atoms with Gasteiger partial charge in [0, 0.05) is 7.05 Å². The van der Waals surface area contributed by atoms with Crippen LogP contribution in [-0.2, 0) is 7.05 Å². The summed E-state index contributed by atoms with van der Waals surface area (Å²) in [5, 5.41) is 15.2. The predicted molar refractivity (Wildman–Crippen MR) is 97.1 cm³/mol. The van der Waals surface area contributed by atoms with Crippen molar-refractivity contribution in [1.82, 2.24) is 9.78 Å². The van der Waals surface area contributed by atoms with Gasteiger partial charge in [0.25, 0.3) is 0 Å². The van der Waals surface area contributed by atoms with Crippen LogP contribution < -0.4 is 9.54 Å². The first-order valence-electron chi connectivity index (χ1n) is 8.29. The molecule has 0 atom stereocenters. The van der Waals surface area contributed by atoms with E-state index >= 15 is 0 Å². The maximum absolute atomic E-state index is 9.83. The lowest BCUT2D eigenvalue weighted by Gasteiger charge is -2.16. The Kier molecular flexibility index (Phi) is 5.35. The molecule has 1 aliphatic carbocycles. The Morgan fingerprint density at radius 1 is 1.29 bits per heavy atom. The van der Waals surface area contributed by atoms with Gasteiger partial charge in [0.1, 0.15) is 5.01 Å². The average molecular weight is 345 g/mol. The zero-order chi connectivity index (χ0) is 16.9. The van der Waals surface area contributed by atoms with E-state index in [2.05, 4.69) is 5.10 Å². The first-order valence-corrected chi connectivity index (χ1v) is 9.10. The van der Waals surface area contributed by atoms with E-state index in [1.807, 2.05) is 29.9 Å². The number of phenolic OH excluding ortho intramolecular Hbond substituents is 1. The third-order valence-electron chi connectivity index (χ3n) is 4.21. The second kappa shape index (κ2) is 7.66. The molecule has 1 saturated carbocycles. The van der Waals surface area contributed by atoms with E-state index in [0.29, 0.717) is 11.8 Å². The summed E-state index contributed by atoms with van der Waals surface area (Å²) < 4.78 is 6.91. The van der Waals surface area contributed by atoms with Gasteiger partial charge in [-0.1, -0.05) is 42.7 Å². The van der Waals surface area contributed by atoms with Crippen molar-refractivity contribution in [2.45, 2.75) is 38.1 Å². The Labute approximate surface area is 146 Å². The quantitative estimate of drug-likeness (QED) is 0.921. The van der Waals surface area contributed by atoms with E-state index in [-0.39, 0.29) is 5.75 Å². The molecule has 1 aromatic carbocycles. The third-order valence-corrected chi connectivity index (χ3v) is 5.19. The Morgan fingerprint density at radius 3 is 2.79 bits per heavy atom. The van der Waals surface area contributed by atoms with E-state index in [1.165, 1.54) is 39.2 Å². The number of ether oxygens (including phenoxy) is 1. The molecule has 1 aromatic heterocycles. The largest absolute Gasteiger partial charge is 0.504 e. The van der Waals surface area contributed by atoms with Crippen LogP contribution in [0.2, 0.25) is 0 Å². The monoisotopic (exact) mass is 345 g/mol. The molecule has 1 N–H and O–H groups in total. The molecule has 5 nitrogen and oxygen atoms in total. The molecule has 24 heavy (non-hydrogen) atoms. The summed E-state index contributed by atoms with van der Waals surface area (Å²) in [5.74, 6) is 0.610. The predicted octanol–water partition coefficient (Wildman–Crippen LogP) is 3.60. The van der Waals surface area contributed by atoms with Crippen molar-refractivity contribution in [1.29, 1.82) is 0 Å². The molecule has 128 valence electrons.